The molecule has 5 heteroatoms. The van der Waals surface area contributed by atoms with E-state index < -0.39 is 10.0 Å². The lowest BCUT2D eigenvalue weighted by Crippen LogP contribution is -2.42. The molecule has 0 amide bonds. The molecule has 4 nitrogen and oxygen atoms in total. The van der Waals surface area contributed by atoms with Crippen LogP contribution in [0.1, 0.15) is 53.0 Å². The van der Waals surface area contributed by atoms with Crippen LogP contribution in [-0.2, 0) is 16.4 Å². The van der Waals surface area contributed by atoms with Crippen molar-refractivity contribution in [2.45, 2.75) is 70.9 Å². The monoisotopic (exact) mass is 340 g/mol. The lowest BCUT2D eigenvalue weighted by Gasteiger charge is -2.30. The van der Waals surface area contributed by atoms with Gasteiger partial charge in [-0.05, 0) is 58.2 Å². The Morgan fingerprint density at radius 3 is 2.09 bits per heavy atom. The molecule has 0 aliphatic heterocycles. The highest BCUT2D eigenvalue weighted by molar-refractivity contribution is 7.89. The molecule has 0 heterocycles. The van der Waals surface area contributed by atoms with Crippen molar-refractivity contribution in [3.05, 3.63) is 29.8 Å². The van der Waals surface area contributed by atoms with Gasteiger partial charge >= 0.3 is 0 Å². The van der Waals surface area contributed by atoms with Crippen LogP contribution >= 0.6 is 0 Å². The quantitative estimate of drug-likeness (QED) is 0.710. The molecule has 0 bridgehead atoms. The van der Waals surface area contributed by atoms with Gasteiger partial charge in [0, 0.05) is 25.2 Å². The third kappa shape index (κ3) is 6.61. The fraction of sp³-hybridized carbons (Fsp3) is 0.667. The summed E-state index contributed by atoms with van der Waals surface area (Å²) in [6.07, 6.45) is 3.27. The van der Waals surface area contributed by atoms with Gasteiger partial charge in [-0.2, -0.15) is 0 Å². The molecule has 23 heavy (non-hydrogen) atoms. The first-order valence-corrected chi connectivity index (χ1v) is 10.1. The molecule has 0 aliphatic carbocycles. The topological polar surface area (TPSA) is 49.4 Å². The third-order valence-corrected chi connectivity index (χ3v) is 5.52. The summed E-state index contributed by atoms with van der Waals surface area (Å²) < 4.78 is 27.4. The van der Waals surface area contributed by atoms with Gasteiger partial charge in [-0.25, -0.2) is 13.1 Å². The average molecular weight is 341 g/mol. The predicted octanol–water partition coefficient (Wildman–Crippen LogP) is 3.43. The van der Waals surface area contributed by atoms with Crippen molar-refractivity contribution in [3.63, 3.8) is 0 Å². The molecule has 0 aliphatic rings. The van der Waals surface area contributed by atoms with E-state index in [1.807, 2.05) is 12.1 Å². The molecule has 0 unspecified atom stereocenters. The Bertz CT molecular complexity index is 543. The minimum absolute atomic E-state index is 0.346. The van der Waals surface area contributed by atoms with E-state index >= 15 is 0 Å². The van der Waals surface area contributed by atoms with E-state index in [1.54, 1.807) is 12.1 Å². The van der Waals surface area contributed by atoms with Crippen LogP contribution < -0.4 is 4.72 Å². The van der Waals surface area contributed by atoms with Crippen LogP contribution in [0.4, 0.5) is 0 Å². The summed E-state index contributed by atoms with van der Waals surface area (Å²) >= 11 is 0. The Morgan fingerprint density at radius 2 is 1.61 bits per heavy atom. The summed E-state index contributed by atoms with van der Waals surface area (Å²) in [5, 5.41) is 0. The van der Waals surface area contributed by atoms with Crippen LogP contribution in [-0.4, -0.2) is 38.5 Å². The second-order valence-electron chi connectivity index (χ2n) is 6.57. The summed E-state index contributed by atoms with van der Waals surface area (Å²) in [4.78, 5) is 2.62. The number of unbranched alkanes of at least 4 members (excludes halogenated alkanes) is 1. The first-order valence-electron chi connectivity index (χ1n) is 8.62. The zero-order valence-electron chi connectivity index (χ0n) is 15.2. The Labute approximate surface area is 142 Å². The summed E-state index contributed by atoms with van der Waals surface area (Å²) in [5.74, 6) is 0. The molecule has 0 fully saturated rings. The van der Waals surface area contributed by atoms with Gasteiger partial charge in [0.25, 0.3) is 0 Å². The van der Waals surface area contributed by atoms with E-state index in [2.05, 4.69) is 44.2 Å². The minimum Gasteiger partial charge on any atom is -0.297 e. The predicted molar refractivity (Wildman–Crippen MR) is 97.2 cm³/mol. The first-order chi connectivity index (χ1) is 10.8. The molecule has 0 saturated heterocycles. The van der Waals surface area contributed by atoms with Gasteiger partial charge in [0.05, 0.1) is 4.90 Å². The summed E-state index contributed by atoms with van der Waals surface area (Å²) in [6, 6.07) is 8.04. The number of rotatable bonds is 10. The maximum absolute atomic E-state index is 12.3. The van der Waals surface area contributed by atoms with Crippen molar-refractivity contribution in [1.29, 1.82) is 0 Å². The largest absolute Gasteiger partial charge is 0.297 e. The highest BCUT2D eigenvalue weighted by Gasteiger charge is 2.16. The Kier molecular flexibility index (Phi) is 8.23. The van der Waals surface area contributed by atoms with Crippen LogP contribution in [0, 0.1) is 0 Å². The number of sulfonamides is 1. The Balaban J connectivity index is 2.61. The van der Waals surface area contributed by atoms with E-state index in [0.29, 0.717) is 30.1 Å². The maximum Gasteiger partial charge on any atom is 0.240 e. The highest BCUT2D eigenvalue weighted by Crippen LogP contribution is 2.12. The molecule has 1 N–H and O–H groups in total. The van der Waals surface area contributed by atoms with Gasteiger partial charge in [-0.1, -0.05) is 25.5 Å². The molecule has 0 saturated carbocycles. The number of nitrogens with zero attached hydrogens (tertiary/aromatic N) is 1. The van der Waals surface area contributed by atoms with Gasteiger partial charge in [0.1, 0.15) is 0 Å². The highest BCUT2D eigenvalue weighted by atomic mass is 32.2. The summed E-state index contributed by atoms with van der Waals surface area (Å²) in [6.45, 7) is 11.8. The first kappa shape index (κ1) is 20.1. The molecule has 0 spiro atoms. The maximum atomic E-state index is 12.3. The zero-order valence-corrected chi connectivity index (χ0v) is 16.0. The van der Waals surface area contributed by atoms with Crippen LogP contribution in [0.15, 0.2) is 29.2 Å². The normalized spacial score (nSPS) is 12.5. The van der Waals surface area contributed by atoms with Crippen molar-refractivity contribution in [2.75, 3.05) is 13.1 Å². The average Bonchev–Trinajstić information content (AvgIpc) is 2.49. The lowest BCUT2D eigenvalue weighted by molar-refractivity contribution is 0.179. The van der Waals surface area contributed by atoms with Crippen molar-refractivity contribution >= 4 is 10.0 Å². The second-order valence-corrected chi connectivity index (χ2v) is 8.34. The standard InChI is InChI=1S/C18H32N2O2S/c1-6-7-8-17-9-11-18(12-10-17)23(21,22)19-13-14-20(15(2)3)16(4)5/h9-12,15-16,19H,6-8,13-14H2,1-5H3. The van der Waals surface area contributed by atoms with Crippen molar-refractivity contribution < 1.29 is 8.42 Å². The van der Waals surface area contributed by atoms with Crippen LogP contribution in [0.5, 0.6) is 0 Å². The SMILES string of the molecule is CCCCc1ccc(S(=O)(=O)NCCN(C(C)C)C(C)C)cc1. The molecule has 132 valence electrons. The van der Waals surface area contributed by atoms with Crippen LogP contribution in [0.2, 0.25) is 0 Å². The van der Waals surface area contributed by atoms with Gasteiger partial charge in [-0.15, -0.1) is 0 Å². The minimum atomic E-state index is -3.42. The van der Waals surface area contributed by atoms with Gasteiger partial charge in [0.15, 0.2) is 0 Å². The Morgan fingerprint density at radius 1 is 1.04 bits per heavy atom. The number of benzene rings is 1. The third-order valence-electron chi connectivity index (χ3n) is 4.04. The van der Waals surface area contributed by atoms with Crippen molar-refractivity contribution in [3.8, 4) is 0 Å². The fourth-order valence-electron chi connectivity index (χ4n) is 2.72. The van der Waals surface area contributed by atoms with Crippen molar-refractivity contribution in [1.82, 2.24) is 9.62 Å². The van der Waals surface area contributed by atoms with Crippen molar-refractivity contribution in [2.24, 2.45) is 0 Å². The van der Waals surface area contributed by atoms with Gasteiger partial charge < -0.3 is 0 Å². The molecular weight excluding hydrogens is 308 g/mol. The number of aryl methyl sites for hydroxylation is 1. The number of nitrogens with one attached hydrogen (secondary N) is 1. The smallest absolute Gasteiger partial charge is 0.240 e. The van der Waals surface area contributed by atoms with E-state index in [0.717, 1.165) is 19.3 Å². The van der Waals surface area contributed by atoms with E-state index in [1.165, 1.54) is 5.56 Å². The zero-order chi connectivity index (χ0) is 17.5. The second kappa shape index (κ2) is 9.40. The lowest BCUT2D eigenvalue weighted by atomic mass is 10.1. The van der Waals surface area contributed by atoms with Crippen LogP contribution in [0.3, 0.4) is 0 Å². The molecule has 1 aromatic rings. The number of hydrogen-bond donors (Lipinski definition) is 1. The Hall–Kier alpha value is -0.910. The molecule has 0 radical (unpaired) electrons. The summed E-state index contributed by atoms with van der Waals surface area (Å²) in [7, 11) is -3.42. The summed E-state index contributed by atoms with van der Waals surface area (Å²) in [5.41, 5.74) is 1.19. The van der Waals surface area contributed by atoms with E-state index in [9.17, 15) is 8.42 Å². The van der Waals surface area contributed by atoms with E-state index in [4.69, 9.17) is 0 Å². The van der Waals surface area contributed by atoms with E-state index in [-0.39, 0.29) is 0 Å². The molecule has 0 aromatic heterocycles. The van der Waals surface area contributed by atoms with Gasteiger partial charge in [-0.3, -0.25) is 4.90 Å². The van der Waals surface area contributed by atoms with Crippen LogP contribution in [0.25, 0.3) is 0 Å². The molecular formula is C18H32N2O2S. The molecule has 0 atom stereocenters. The molecule has 1 aromatic carbocycles. The number of hydrogen-bond acceptors (Lipinski definition) is 3. The molecule has 1 rings (SSSR count). The van der Waals surface area contributed by atoms with Gasteiger partial charge in [0.2, 0.25) is 10.0 Å². The fourth-order valence-corrected chi connectivity index (χ4v) is 3.74.